The molecule has 156 valence electrons. The minimum absolute atomic E-state index is 0.130. The molecule has 1 aliphatic carbocycles. The van der Waals surface area contributed by atoms with E-state index in [0.717, 1.165) is 60.5 Å². The first-order valence-electron chi connectivity index (χ1n) is 10.4. The van der Waals surface area contributed by atoms with Gasteiger partial charge >= 0.3 is 5.97 Å². The summed E-state index contributed by atoms with van der Waals surface area (Å²) in [5, 5.41) is 9.04. The maximum Gasteiger partial charge on any atom is 0.303 e. The minimum Gasteiger partial charge on any atom is -0.496 e. The van der Waals surface area contributed by atoms with Gasteiger partial charge < -0.3 is 19.3 Å². The Morgan fingerprint density at radius 3 is 2.69 bits per heavy atom. The fraction of sp³-hybridized carbons (Fsp3) is 0.458. The van der Waals surface area contributed by atoms with Crippen LogP contribution in [0.5, 0.6) is 17.2 Å². The van der Waals surface area contributed by atoms with E-state index in [2.05, 4.69) is 13.0 Å². The Labute approximate surface area is 172 Å². The first-order valence-corrected chi connectivity index (χ1v) is 10.4. The van der Waals surface area contributed by atoms with Gasteiger partial charge in [-0.05, 0) is 60.6 Å². The fourth-order valence-corrected chi connectivity index (χ4v) is 3.99. The van der Waals surface area contributed by atoms with Gasteiger partial charge in [0.15, 0.2) is 0 Å². The van der Waals surface area contributed by atoms with Gasteiger partial charge in [0.25, 0.3) is 0 Å². The van der Waals surface area contributed by atoms with Gasteiger partial charge in [0.1, 0.15) is 17.2 Å². The van der Waals surface area contributed by atoms with Gasteiger partial charge in [-0.2, -0.15) is 0 Å². The lowest BCUT2D eigenvalue weighted by atomic mass is 9.98. The molecule has 3 rings (SSSR count). The first-order chi connectivity index (χ1) is 14.1. The van der Waals surface area contributed by atoms with Gasteiger partial charge in [-0.3, -0.25) is 4.79 Å². The summed E-state index contributed by atoms with van der Waals surface area (Å²) in [5.41, 5.74) is 3.49. The number of carbonyl (C=O) groups is 1. The Balaban J connectivity index is 1.48. The Kier molecular flexibility index (Phi) is 7.39. The number of fused-ring (bicyclic) bond motifs is 1. The lowest BCUT2D eigenvalue weighted by molar-refractivity contribution is -0.137. The van der Waals surface area contributed by atoms with E-state index in [-0.39, 0.29) is 12.3 Å². The summed E-state index contributed by atoms with van der Waals surface area (Å²) in [7, 11) is 1.69. The van der Waals surface area contributed by atoms with E-state index in [1.807, 2.05) is 30.3 Å². The molecule has 1 atom stereocenters. The van der Waals surface area contributed by atoms with Crippen LogP contribution in [0.25, 0.3) is 0 Å². The van der Waals surface area contributed by atoms with Crippen molar-refractivity contribution in [2.24, 2.45) is 0 Å². The van der Waals surface area contributed by atoms with Crippen LogP contribution in [0.4, 0.5) is 0 Å². The van der Waals surface area contributed by atoms with Crippen LogP contribution in [0.2, 0.25) is 0 Å². The Hall–Kier alpha value is -2.69. The summed E-state index contributed by atoms with van der Waals surface area (Å²) in [6.07, 6.45) is 4.76. The topological polar surface area (TPSA) is 65.0 Å². The number of hydrogen-bond donors (Lipinski definition) is 1. The second kappa shape index (κ2) is 10.2. The highest BCUT2D eigenvalue weighted by molar-refractivity contribution is 5.68. The Morgan fingerprint density at radius 2 is 1.93 bits per heavy atom. The third-order valence-corrected chi connectivity index (χ3v) is 5.36. The molecule has 0 fully saturated rings. The molecular weight excluding hydrogens is 368 g/mol. The molecule has 0 aliphatic heterocycles. The molecule has 0 aromatic heterocycles. The average Bonchev–Trinajstić information content (AvgIpc) is 3.10. The highest BCUT2D eigenvalue weighted by Crippen LogP contribution is 2.37. The first kappa shape index (κ1) is 21.0. The summed E-state index contributed by atoms with van der Waals surface area (Å²) in [6.45, 7) is 3.30. The predicted molar refractivity (Wildman–Crippen MR) is 112 cm³/mol. The van der Waals surface area contributed by atoms with Crippen molar-refractivity contribution < 1.29 is 24.1 Å². The molecular formula is C24H30O5. The van der Waals surface area contributed by atoms with Crippen molar-refractivity contribution >= 4 is 5.97 Å². The SMILES string of the molecule is CCCc1c(OC)cccc1OCCCOc1ccc2c(c1)CC[C@H]2CC(=O)O. The number of aliphatic carboxylic acids is 1. The lowest BCUT2D eigenvalue weighted by Crippen LogP contribution is -2.07. The van der Waals surface area contributed by atoms with Crippen molar-refractivity contribution in [2.75, 3.05) is 20.3 Å². The molecule has 0 saturated heterocycles. The summed E-state index contributed by atoms with van der Waals surface area (Å²) < 4.78 is 17.3. The Bertz CT molecular complexity index is 830. The van der Waals surface area contributed by atoms with Gasteiger partial charge in [-0.1, -0.05) is 25.5 Å². The molecule has 0 heterocycles. The van der Waals surface area contributed by atoms with Crippen LogP contribution in [0, 0.1) is 0 Å². The van der Waals surface area contributed by atoms with Gasteiger partial charge in [0, 0.05) is 12.0 Å². The van der Waals surface area contributed by atoms with Crippen molar-refractivity contribution in [3.8, 4) is 17.2 Å². The van der Waals surface area contributed by atoms with Crippen molar-refractivity contribution in [1.82, 2.24) is 0 Å². The highest BCUT2D eigenvalue weighted by atomic mass is 16.5. The number of aryl methyl sites for hydroxylation is 1. The molecule has 5 heteroatoms. The predicted octanol–water partition coefficient (Wildman–Crippen LogP) is 5.00. The third-order valence-electron chi connectivity index (χ3n) is 5.36. The number of ether oxygens (including phenoxy) is 3. The van der Waals surface area contributed by atoms with E-state index in [1.165, 1.54) is 5.56 Å². The van der Waals surface area contributed by atoms with Gasteiger partial charge in [0.05, 0.1) is 26.7 Å². The summed E-state index contributed by atoms with van der Waals surface area (Å²) in [5.74, 6) is 1.99. The van der Waals surface area contributed by atoms with E-state index in [4.69, 9.17) is 19.3 Å². The van der Waals surface area contributed by atoms with E-state index < -0.39 is 5.97 Å². The normalized spacial score (nSPS) is 15.0. The van der Waals surface area contributed by atoms with Crippen molar-refractivity contribution in [2.45, 2.75) is 51.4 Å². The van der Waals surface area contributed by atoms with Gasteiger partial charge in [-0.25, -0.2) is 0 Å². The largest absolute Gasteiger partial charge is 0.496 e. The Morgan fingerprint density at radius 1 is 1.14 bits per heavy atom. The van der Waals surface area contributed by atoms with Crippen LogP contribution in [-0.2, 0) is 17.6 Å². The van der Waals surface area contributed by atoms with Crippen LogP contribution >= 0.6 is 0 Å². The average molecular weight is 398 g/mol. The number of carboxylic acid groups (broad SMARTS) is 1. The molecule has 1 N–H and O–H groups in total. The van der Waals surface area contributed by atoms with Crippen LogP contribution in [0.1, 0.15) is 55.2 Å². The summed E-state index contributed by atoms with van der Waals surface area (Å²) in [4.78, 5) is 11.0. The van der Waals surface area contributed by atoms with E-state index in [1.54, 1.807) is 7.11 Å². The van der Waals surface area contributed by atoms with E-state index >= 15 is 0 Å². The van der Waals surface area contributed by atoms with Crippen LogP contribution in [-0.4, -0.2) is 31.4 Å². The van der Waals surface area contributed by atoms with Crippen LogP contribution in [0.15, 0.2) is 36.4 Å². The lowest BCUT2D eigenvalue weighted by Gasteiger charge is -2.15. The zero-order valence-electron chi connectivity index (χ0n) is 17.3. The minimum atomic E-state index is -0.735. The zero-order chi connectivity index (χ0) is 20.6. The van der Waals surface area contributed by atoms with E-state index in [9.17, 15) is 4.79 Å². The monoisotopic (exact) mass is 398 g/mol. The summed E-state index contributed by atoms with van der Waals surface area (Å²) >= 11 is 0. The summed E-state index contributed by atoms with van der Waals surface area (Å²) in [6, 6.07) is 11.9. The van der Waals surface area contributed by atoms with Gasteiger partial charge in [-0.15, -0.1) is 0 Å². The smallest absolute Gasteiger partial charge is 0.303 e. The molecule has 1 aliphatic rings. The maximum atomic E-state index is 11.0. The van der Waals surface area contributed by atoms with Crippen LogP contribution in [0.3, 0.4) is 0 Å². The molecule has 0 bridgehead atoms. The van der Waals surface area contributed by atoms with Crippen molar-refractivity contribution in [3.63, 3.8) is 0 Å². The van der Waals surface area contributed by atoms with E-state index in [0.29, 0.717) is 13.2 Å². The standard InChI is InChI=1S/C24H30O5/c1-3-6-21-22(27-2)7-4-8-23(21)29-14-5-13-28-19-11-12-20-17(15-19)9-10-18(20)16-24(25)26/h4,7-8,11-12,15,18H,3,5-6,9-10,13-14,16H2,1-2H3,(H,25,26)/t18-/m0/s1. The van der Waals surface area contributed by atoms with Gasteiger partial charge in [0.2, 0.25) is 0 Å². The van der Waals surface area contributed by atoms with Crippen molar-refractivity contribution in [1.29, 1.82) is 0 Å². The zero-order valence-corrected chi connectivity index (χ0v) is 17.3. The molecule has 0 saturated carbocycles. The molecule has 0 amide bonds. The molecule has 2 aromatic rings. The van der Waals surface area contributed by atoms with Crippen LogP contribution < -0.4 is 14.2 Å². The fourth-order valence-electron chi connectivity index (χ4n) is 3.99. The van der Waals surface area contributed by atoms with Crippen molar-refractivity contribution in [3.05, 3.63) is 53.1 Å². The molecule has 0 spiro atoms. The number of carboxylic acids is 1. The number of rotatable bonds is 11. The molecule has 29 heavy (non-hydrogen) atoms. The number of hydrogen-bond acceptors (Lipinski definition) is 4. The number of methoxy groups -OCH3 is 1. The molecule has 2 aromatic carbocycles. The number of benzene rings is 2. The molecule has 0 radical (unpaired) electrons. The highest BCUT2D eigenvalue weighted by Gasteiger charge is 2.24. The third kappa shape index (κ3) is 5.43. The maximum absolute atomic E-state index is 11.0. The molecule has 5 nitrogen and oxygen atoms in total. The second-order valence-corrected chi connectivity index (χ2v) is 7.43. The second-order valence-electron chi connectivity index (χ2n) is 7.43. The quantitative estimate of drug-likeness (QED) is 0.540. The molecule has 0 unspecified atom stereocenters.